The zero-order chi connectivity index (χ0) is 20.7. The summed E-state index contributed by atoms with van der Waals surface area (Å²) in [6, 6.07) is 11.5. The average Bonchev–Trinajstić information content (AvgIpc) is 3.12. The molecule has 0 saturated carbocycles. The first-order valence-electron chi connectivity index (χ1n) is 9.50. The Bertz CT molecular complexity index is 1040. The van der Waals surface area contributed by atoms with Crippen LogP contribution in [0.3, 0.4) is 0 Å². The molecule has 0 spiro atoms. The van der Waals surface area contributed by atoms with E-state index in [2.05, 4.69) is 10.2 Å². The molecule has 0 fully saturated rings. The zero-order valence-corrected chi connectivity index (χ0v) is 16.5. The van der Waals surface area contributed by atoms with Gasteiger partial charge in [0.15, 0.2) is 5.78 Å². The van der Waals surface area contributed by atoms with E-state index in [0.29, 0.717) is 23.4 Å². The van der Waals surface area contributed by atoms with Gasteiger partial charge in [0.05, 0.1) is 16.8 Å². The van der Waals surface area contributed by atoms with Crippen molar-refractivity contribution >= 4 is 23.3 Å². The molecule has 2 aromatic rings. The fourth-order valence-electron chi connectivity index (χ4n) is 3.85. The number of amides is 2. The fourth-order valence-corrected chi connectivity index (χ4v) is 3.85. The van der Waals surface area contributed by atoms with Crippen LogP contribution in [0.5, 0.6) is 0 Å². The standard InChI is InChI=1S/C22H21N3O4/c1-12(2)11-25-21(27)15-9-6-10-16(17(15)22(25)28)23-24-18-13-7-4-5-8-14(13)19(26)20(18)29-3/h4-10,12,18,20H,11H2,1-3H3. The van der Waals surface area contributed by atoms with Crippen molar-refractivity contribution in [2.24, 2.45) is 16.1 Å². The first-order chi connectivity index (χ1) is 13.9. The van der Waals surface area contributed by atoms with Crippen molar-refractivity contribution in [1.29, 1.82) is 0 Å². The lowest BCUT2D eigenvalue weighted by atomic mass is 10.1. The van der Waals surface area contributed by atoms with Crippen LogP contribution in [0.2, 0.25) is 0 Å². The van der Waals surface area contributed by atoms with Crippen molar-refractivity contribution in [3.05, 3.63) is 64.7 Å². The number of rotatable bonds is 5. The summed E-state index contributed by atoms with van der Waals surface area (Å²) in [4.78, 5) is 39.3. The Labute approximate surface area is 168 Å². The molecule has 1 heterocycles. The number of nitrogens with zero attached hydrogens (tertiary/aromatic N) is 3. The SMILES string of the molecule is COC1C(=O)c2ccccc2C1N=Nc1cccc2c1C(=O)N(CC(C)C)C2=O. The molecule has 4 rings (SSSR count). The monoisotopic (exact) mass is 391 g/mol. The van der Waals surface area contributed by atoms with E-state index in [4.69, 9.17) is 4.74 Å². The minimum Gasteiger partial charge on any atom is -0.371 e. The third kappa shape index (κ3) is 3.07. The summed E-state index contributed by atoms with van der Waals surface area (Å²) in [5.41, 5.74) is 2.21. The van der Waals surface area contributed by atoms with Crippen LogP contribution in [-0.2, 0) is 4.74 Å². The normalized spacial score (nSPS) is 20.8. The zero-order valence-electron chi connectivity index (χ0n) is 16.5. The molecule has 0 aromatic heterocycles. The van der Waals surface area contributed by atoms with Gasteiger partial charge in [0.25, 0.3) is 11.8 Å². The maximum Gasteiger partial charge on any atom is 0.263 e. The molecule has 2 amide bonds. The highest BCUT2D eigenvalue weighted by atomic mass is 16.5. The van der Waals surface area contributed by atoms with Crippen LogP contribution in [0.1, 0.15) is 56.5 Å². The third-order valence-electron chi connectivity index (χ3n) is 5.16. The predicted molar refractivity (Wildman–Crippen MR) is 105 cm³/mol. The Hall–Kier alpha value is -3.19. The molecule has 2 unspecified atom stereocenters. The number of hydrogen-bond acceptors (Lipinski definition) is 6. The van der Waals surface area contributed by atoms with Crippen molar-refractivity contribution in [2.45, 2.75) is 26.0 Å². The maximum atomic E-state index is 12.9. The molecule has 29 heavy (non-hydrogen) atoms. The Morgan fingerprint density at radius 2 is 1.72 bits per heavy atom. The van der Waals surface area contributed by atoms with Crippen LogP contribution < -0.4 is 0 Å². The minimum absolute atomic E-state index is 0.139. The highest BCUT2D eigenvalue weighted by molar-refractivity contribution is 6.23. The van der Waals surface area contributed by atoms with Gasteiger partial charge < -0.3 is 4.74 Å². The van der Waals surface area contributed by atoms with E-state index in [1.165, 1.54) is 12.0 Å². The molecule has 7 heteroatoms. The summed E-state index contributed by atoms with van der Waals surface area (Å²) in [5, 5.41) is 8.64. The fraction of sp³-hybridized carbons (Fsp3) is 0.318. The van der Waals surface area contributed by atoms with Crippen molar-refractivity contribution < 1.29 is 19.1 Å². The van der Waals surface area contributed by atoms with Crippen molar-refractivity contribution in [2.75, 3.05) is 13.7 Å². The summed E-state index contributed by atoms with van der Waals surface area (Å²) in [7, 11) is 1.46. The van der Waals surface area contributed by atoms with Crippen LogP contribution in [-0.4, -0.2) is 42.3 Å². The molecule has 7 nitrogen and oxygen atoms in total. The number of carbonyl (C=O) groups is 3. The average molecular weight is 391 g/mol. The molecular formula is C22H21N3O4. The van der Waals surface area contributed by atoms with Gasteiger partial charge in [0.2, 0.25) is 0 Å². The van der Waals surface area contributed by atoms with E-state index < -0.39 is 12.1 Å². The second kappa shape index (κ2) is 7.33. The van der Waals surface area contributed by atoms with Gasteiger partial charge in [0, 0.05) is 19.2 Å². The summed E-state index contributed by atoms with van der Waals surface area (Å²) < 4.78 is 5.37. The van der Waals surface area contributed by atoms with Crippen LogP contribution in [0.4, 0.5) is 5.69 Å². The number of carbonyl (C=O) groups excluding carboxylic acids is 3. The third-order valence-corrected chi connectivity index (χ3v) is 5.16. The summed E-state index contributed by atoms with van der Waals surface area (Å²) >= 11 is 0. The van der Waals surface area contributed by atoms with Gasteiger partial charge in [-0.2, -0.15) is 10.2 Å². The van der Waals surface area contributed by atoms with E-state index >= 15 is 0 Å². The molecule has 1 aliphatic carbocycles. The van der Waals surface area contributed by atoms with Gasteiger partial charge in [-0.15, -0.1) is 0 Å². The van der Waals surface area contributed by atoms with Crippen molar-refractivity contribution in [3.63, 3.8) is 0 Å². The number of hydrogen-bond donors (Lipinski definition) is 0. The molecule has 2 aliphatic rings. The maximum absolute atomic E-state index is 12.9. The van der Waals surface area contributed by atoms with Gasteiger partial charge in [-0.25, -0.2) is 0 Å². The molecule has 2 atom stereocenters. The smallest absolute Gasteiger partial charge is 0.263 e. The van der Waals surface area contributed by atoms with Crippen molar-refractivity contribution in [1.82, 2.24) is 4.90 Å². The molecule has 1 aliphatic heterocycles. The van der Waals surface area contributed by atoms with Gasteiger partial charge in [-0.05, 0) is 23.6 Å². The van der Waals surface area contributed by atoms with Crippen LogP contribution in [0.15, 0.2) is 52.7 Å². The number of benzene rings is 2. The lowest BCUT2D eigenvalue weighted by Crippen LogP contribution is -2.33. The number of imide groups is 1. The number of ether oxygens (including phenoxy) is 1. The topological polar surface area (TPSA) is 88.4 Å². The summed E-state index contributed by atoms with van der Waals surface area (Å²) in [5.74, 6) is -0.656. The first kappa shape index (κ1) is 19.1. The number of methoxy groups -OCH3 is 1. The Morgan fingerprint density at radius 3 is 2.45 bits per heavy atom. The number of ketones is 1. The highest BCUT2D eigenvalue weighted by Crippen LogP contribution is 2.38. The Morgan fingerprint density at radius 1 is 1.00 bits per heavy atom. The van der Waals surface area contributed by atoms with Gasteiger partial charge in [-0.3, -0.25) is 19.3 Å². The molecule has 0 radical (unpaired) electrons. The minimum atomic E-state index is -0.761. The van der Waals surface area contributed by atoms with E-state index in [0.717, 1.165) is 5.56 Å². The van der Waals surface area contributed by atoms with Gasteiger partial charge in [0.1, 0.15) is 12.1 Å². The van der Waals surface area contributed by atoms with Crippen LogP contribution in [0.25, 0.3) is 0 Å². The Kier molecular flexibility index (Phi) is 4.84. The lowest BCUT2D eigenvalue weighted by Gasteiger charge is -2.16. The Balaban J connectivity index is 1.71. The number of fused-ring (bicyclic) bond motifs is 2. The predicted octanol–water partition coefficient (Wildman–Crippen LogP) is 3.97. The first-order valence-corrected chi connectivity index (χ1v) is 9.50. The summed E-state index contributed by atoms with van der Waals surface area (Å²) in [6.07, 6.45) is -0.761. The largest absolute Gasteiger partial charge is 0.371 e. The molecule has 2 aromatic carbocycles. The van der Waals surface area contributed by atoms with Crippen molar-refractivity contribution in [3.8, 4) is 0 Å². The number of Topliss-reactive ketones (excluding diaryl/α,β-unsaturated/α-hetero) is 1. The molecular weight excluding hydrogens is 370 g/mol. The highest BCUT2D eigenvalue weighted by Gasteiger charge is 2.41. The van der Waals surface area contributed by atoms with E-state index in [1.807, 2.05) is 26.0 Å². The van der Waals surface area contributed by atoms with Crippen LogP contribution in [0, 0.1) is 5.92 Å². The number of azo groups is 1. The lowest BCUT2D eigenvalue weighted by molar-refractivity contribution is 0.0570. The molecule has 0 saturated heterocycles. The van der Waals surface area contributed by atoms with Gasteiger partial charge >= 0.3 is 0 Å². The van der Waals surface area contributed by atoms with E-state index in [9.17, 15) is 14.4 Å². The van der Waals surface area contributed by atoms with E-state index in [1.54, 1.807) is 30.3 Å². The second-order valence-electron chi connectivity index (χ2n) is 7.58. The van der Waals surface area contributed by atoms with Gasteiger partial charge in [-0.1, -0.05) is 44.2 Å². The summed E-state index contributed by atoms with van der Waals surface area (Å²) in [6.45, 7) is 4.24. The molecule has 0 bridgehead atoms. The molecule has 0 N–H and O–H groups in total. The second-order valence-corrected chi connectivity index (χ2v) is 7.58. The molecule has 148 valence electrons. The van der Waals surface area contributed by atoms with E-state index in [-0.39, 0.29) is 29.1 Å². The quantitative estimate of drug-likeness (QED) is 0.570. The van der Waals surface area contributed by atoms with Crippen LogP contribution >= 0.6 is 0 Å².